The number of rotatable bonds is 4. The van der Waals surface area contributed by atoms with Crippen LogP contribution in [-0.2, 0) is 6.54 Å². The Hall–Kier alpha value is -2.47. The molecule has 2 aromatic heterocycles. The van der Waals surface area contributed by atoms with E-state index in [2.05, 4.69) is 24.1 Å². The molecule has 0 atom stereocenters. The highest BCUT2D eigenvalue weighted by atomic mass is 32.1. The van der Waals surface area contributed by atoms with E-state index in [0.717, 1.165) is 10.7 Å². The molecule has 23 heavy (non-hydrogen) atoms. The van der Waals surface area contributed by atoms with Crippen molar-refractivity contribution in [3.05, 3.63) is 62.4 Å². The molecule has 0 fully saturated rings. The molecular weight excluding hydrogens is 312 g/mol. The van der Waals surface area contributed by atoms with Crippen molar-refractivity contribution in [1.29, 1.82) is 0 Å². The Balaban J connectivity index is 1.77. The minimum atomic E-state index is -0.637. The molecule has 3 aromatic rings. The molecule has 0 radical (unpaired) electrons. The van der Waals surface area contributed by atoms with E-state index in [4.69, 9.17) is 4.42 Å². The van der Waals surface area contributed by atoms with E-state index in [-0.39, 0.29) is 12.1 Å². The minimum absolute atomic E-state index is 0.00279. The summed E-state index contributed by atoms with van der Waals surface area (Å²) < 4.78 is 5.17. The van der Waals surface area contributed by atoms with Crippen molar-refractivity contribution < 1.29 is 9.21 Å². The lowest BCUT2D eigenvalue weighted by Crippen LogP contribution is -2.28. The topological polar surface area (TPSA) is 72.2 Å². The zero-order valence-electron chi connectivity index (χ0n) is 12.8. The van der Waals surface area contributed by atoms with Gasteiger partial charge in [-0.05, 0) is 12.1 Å². The lowest BCUT2D eigenvalue weighted by atomic mass is 10.2. The number of thiazole rings is 1. The maximum atomic E-state index is 12.2. The van der Waals surface area contributed by atoms with Crippen LogP contribution in [0.2, 0.25) is 0 Å². The average molecular weight is 328 g/mol. The van der Waals surface area contributed by atoms with Gasteiger partial charge in [0.1, 0.15) is 11.1 Å². The number of benzene rings is 1. The number of amides is 1. The number of fused-ring (bicyclic) bond motifs is 1. The number of hydrogen-bond acceptors (Lipinski definition) is 5. The van der Waals surface area contributed by atoms with Crippen molar-refractivity contribution >= 4 is 28.2 Å². The van der Waals surface area contributed by atoms with Crippen LogP contribution in [0.1, 0.15) is 40.8 Å². The Labute approximate surface area is 137 Å². The molecule has 2 heterocycles. The van der Waals surface area contributed by atoms with Crippen LogP contribution < -0.4 is 10.9 Å². The van der Waals surface area contributed by atoms with Crippen LogP contribution in [-0.4, -0.2) is 10.9 Å². The molecule has 0 saturated carbocycles. The van der Waals surface area contributed by atoms with E-state index in [1.807, 2.05) is 11.4 Å². The van der Waals surface area contributed by atoms with Crippen molar-refractivity contribution in [3.8, 4) is 0 Å². The number of hydrogen-bond donors (Lipinski definition) is 1. The van der Waals surface area contributed by atoms with Crippen LogP contribution >= 0.6 is 11.3 Å². The Bertz CT molecular complexity index is 911. The number of para-hydroxylation sites is 1. The molecule has 118 valence electrons. The number of carbonyl (C=O) groups is 1. The highest BCUT2D eigenvalue weighted by molar-refractivity contribution is 7.09. The van der Waals surface area contributed by atoms with Gasteiger partial charge in [-0.15, -0.1) is 11.3 Å². The molecule has 1 amide bonds. The Morgan fingerprint density at radius 1 is 1.35 bits per heavy atom. The quantitative estimate of drug-likeness (QED) is 0.746. The minimum Gasteiger partial charge on any atom is -0.422 e. The normalized spacial score (nSPS) is 11.1. The summed E-state index contributed by atoms with van der Waals surface area (Å²) in [6.45, 7) is 4.43. The van der Waals surface area contributed by atoms with Crippen molar-refractivity contribution in [3.63, 3.8) is 0 Å². The molecule has 0 unspecified atom stereocenters. The summed E-state index contributed by atoms with van der Waals surface area (Å²) in [4.78, 5) is 28.6. The first-order chi connectivity index (χ1) is 11.0. The summed E-state index contributed by atoms with van der Waals surface area (Å²) in [5.41, 5.74) is 0.623. The third-order valence-electron chi connectivity index (χ3n) is 3.38. The first kappa shape index (κ1) is 15.4. The molecule has 1 aromatic carbocycles. The molecule has 6 heteroatoms. The van der Waals surface area contributed by atoms with Gasteiger partial charge in [-0.3, -0.25) is 4.79 Å². The summed E-state index contributed by atoms with van der Waals surface area (Å²) in [6, 6.07) is 8.65. The number of nitrogens with zero attached hydrogens (tertiary/aromatic N) is 1. The largest absolute Gasteiger partial charge is 0.422 e. The van der Waals surface area contributed by atoms with Crippen LogP contribution in [0, 0.1) is 0 Å². The molecule has 0 aliphatic rings. The van der Waals surface area contributed by atoms with Gasteiger partial charge in [0.15, 0.2) is 0 Å². The molecule has 3 rings (SSSR count). The highest BCUT2D eigenvalue weighted by Gasteiger charge is 2.14. The Kier molecular flexibility index (Phi) is 4.25. The zero-order chi connectivity index (χ0) is 16.4. The van der Waals surface area contributed by atoms with Crippen LogP contribution in [0.3, 0.4) is 0 Å². The van der Waals surface area contributed by atoms with Gasteiger partial charge in [-0.25, -0.2) is 9.78 Å². The molecule has 5 nitrogen and oxygen atoms in total. The fourth-order valence-electron chi connectivity index (χ4n) is 2.16. The highest BCUT2D eigenvalue weighted by Crippen LogP contribution is 2.19. The molecule has 0 spiro atoms. The third-order valence-corrected chi connectivity index (χ3v) is 4.57. The average Bonchev–Trinajstić information content (AvgIpc) is 3.01. The zero-order valence-corrected chi connectivity index (χ0v) is 13.6. The first-order valence-corrected chi connectivity index (χ1v) is 8.18. The van der Waals surface area contributed by atoms with Crippen LogP contribution in [0.25, 0.3) is 11.0 Å². The van der Waals surface area contributed by atoms with E-state index in [1.54, 1.807) is 35.6 Å². The molecule has 0 aliphatic heterocycles. The first-order valence-electron chi connectivity index (χ1n) is 7.30. The Morgan fingerprint density at radius 2 is 2.13 bits per heavy atom. The van der Waals surface area contributed by atoms with Crippen LogP contribution in [0.4, 0.5) is 0 Å². The second-order valence-electron chi connectivity index (χ2n) is 5.50. The second-order valence-corrected chi connectivity index (χ2v) is 6.39. The number of aromatic nitrogens is 1. The summed E-state index contributed by atoms with van der Waals surface area (Å²) in [7, 11) is 0. The summed E-state index contributed by atoms with van der Waals surface area (Å²) in [5.74, 6) is -0.0967. The molecule has 0 bridgehead atoms. The maximum absolute atomic E-state index is 12.2. The van der Waals surface area contributed by atoms with Gasteiger partial charge < -0.3 is 9.73 Å². The van der Waals surface area contributed by atoms with E-state index in [0.29, 0.717) is 16.9 Å². The van der Waals surface area contributed by atoms with E-state index in [9.17, 15) is 9.59 Å². The molecule has 0 aliphatic carbocycles. The third kappa shape index (κ3) is 3.32. The van der Waals surface area contributed by atoms with Gasteiger partial charge in [0.05, 0.1) is 17.2 Å². The van der Waals surface area contributed by atoms with Crippen LogP contribution in [0.15, 0.2) is 44.9 Å². The van der Waals surface area contributed by atoms with Gasteiger partial charge in [0.2, 0.25) is 0 Å². The maximum Gasteiger partial charge on any atom is 0.349 e. The standard InChI is InChI=1S/C17H16N2O3S/c1-10(2)16-19-12(9-23-16)8-18-15(20)13-7-11-5-3-4-6-14(11)22-17(13)21/h3-7,9-10H,8H2,1-2H3,(H,18,20). The van der Waals surface area contributed by atoms with E-state index in [1.165, 1.54) is 0 Å². The molecular formula is C17H16N2O3S. The van der Waals surface area contributed by atoms with Crippen molar-refractivity contribution in [2.75, 3.05) is 0 Å². The monoisotopic (exact) mass is 328 g/mol. The smallest absolute Gasteiger partial charge is 0.349 e. The van der Waals surface area contributed by atoms with Gasteiger partial charge in [0, 0.05) is 16.7 Å². The lowest BCUT2D eigenvalue weighted by molar-refractivity contribution is 0.0947. The summed E-state index contributed by atoms with van der Waals surface area (Å²) in [5, 5.41) is 6.38. The fraction of sp³-hybridized carbons (Fsp3) is 0.235. The van der Waals surface area contributed by atoms with Crippen molar-refractivity contribution in [2.24, 2.45) is 0 Å². The lowest BCUT2D eigenvalue weighted by Gasteiger charge is -2.04. The van der Waals surface area contributed by atoms with Gasteiger partial charge in [-0.1, -0.05) is 32.0 Å². The fourth-order valence-corrected chi connectivity index (χ4v) is 2.99. The predicted octanol–water partition coefficient (Wildman–Crippen LogP) is 3.30. The number of carbonyl (C=O) groups excluding carboxylic acids is 1. The van der Waals surface area contributed by atoms with Crippen LogP contribution in [0.5, 0.6) is 0 Å². The SMILES string of the molecule is CC(C)c1nc(CNC(=O)c2cc3ccccc3oc2=O)cs1. The summed E-state index contributed by atoms with van der Waals surface area (Å²) >= 11 is 1.57. The molecule has 1 N–H and O–H groups in total. The predicted molar refractivity (Wildman–Crippen MR) is 89.9 cm³/mol. The second kappa shape index (κ2) is 6.34. The van der Waals surface area contributed by atoms with Gasteiger partial charge >= 0.3 is 5.63 Å². The number of nitrogens with one attached hydrogen (secondary N) is 1. The van der Waals surface area contributed by atoms with Crippen molar-refractivity contribution in [2.45, 2.75) is 26.3 Å². The van der Waals surface area contributed by atoms with E-state index < -0.39 is 11.5 Å². The summed E-state index contributed by atoms with van der Waals surface area (Å²) in [6.07, 6.45) is 0. The molecule has 0 saturated heterocycles. The van der Waals surface area contributed by atoms with Gasteiger partial charge in [0.25, 0.3) is 5.91 Å². The van der Waals surface area contributed by atoms with E-state index >= 15 is 0 Å². The van der Waals surface area contributed by atoms with Gasteiger partial charge in [-0.2, -0.15) is 0 Å². The Morgan fingerprint density at radius 3 is 2.87 bits per heavy atom. The van der Waals surface area contributed by atoms with Crippen molar-refractivity contribution in [1.82, 2.24) is 10.3 Å².